The molecule has 0 bridgehead atoms. The molecule has 0 saturated carbocycles. The first-order valence-electron chi connectivity index (χ1n) is 6.24. The molecule has 2 rings (SSSR count). The Bertz CT molecular complexity index is 426. The lowest BCUT2D eigenvalue weighted by Crippen LogP contribution is -2.35. The van der Waals surface area contributed by atoms with Crippen molar-refractivity contribution in [3.63, 3.8) is 0 Å². The molecule has 1 fully saturated rings. The number of hydrogen-bond acceptors (Lipinski definition) is 3. The summed E-state index contributed by atoms with van der Waals surface area (Å²) in [5.41, 5.74) is 1.60. The van der Waals surface area contributed by atoms with Crippen LogP contribution in [0.2, 0.25) is 0 Å². The van der Waals surface area contributed by atoms with E-state index in [1.54, 1.807) is 7.11 Å². The van der Waals surface area contributed by atoms with Crippen molar-refractivity contribution in [3.8, 4) is 0 Å². The van der Waals surface area contributed by atoms with Crippen molar-refractivity contribution < 1.29 is 9.53 Å². The first-order valence-corrected chi connectivity index (χ1v) is 6.24. The van der Waals surface area contributed by atoms with Gasteiger partial charge in [0.25, 0.3) is 0 Å². The molecule has 1 aliphatic heterocycles. The van der Waals surface area contributed by atoms with Crippen LogP contribution in [-0.2, 0) is 16.1 Å². The highest BCUT2D eigenvalue weighted by Crippen LogP contribution is 2.26. The number of ether oxygens (including phenoxy) is 1. The topological polar surface area (TPSA) is 50.4 Å². The molecule has 2 N–H and O–H groups in total. The summed E-state index contributed by atoms with van der Waals surface area (Å²) in [5.74, 6) is 0.0852. The predicted octanol–water partition coefficient (Wildman–Crippen LogP) is 1.77. The quantitative estimate of drug-likeness (QED) is 0.854. The Hall–Kier alpha value is -1.39. The highest BCUT2D eigenvalue weighted by atomic mass is 16.5. The molecule has 1 atom stereocenters. The summed E-state index contributed by atoms with van der Waals surface area (Å²) in [6.45, 7) is 4.22. The fourth-order valence-electron chi connectivity index (χ4n) is 2.20. The Morgan fingerprint density at radius 2 is 2.39 bits per heavy atom. The maximum atomic E-state index is 12.2. The number of hydrogen-bond donors (Lipinski definition) is 2. The summed E-state index contributed by atoms with van der Waals surface area (Å²) in [6, 6.07) is 7.77. The number of amides is 1. The van der Waals surface area contributed by atoms with E-state index in [-0.39, 0.29) is 11.3 Å². The predicted molar refractivity (Wildman–Crippen MR) is 71.4 cm³/mol. The standard InChI is InChI=1S/C14H20N2O2/c1-14(6-7-15-10-14)13(17)16-12-5-3-4-11(8-12)9-18-2/h3-5,8,15H,6-7,9-10H2,1-2H3,(H,16,17). The zero-order valence-corrected chi connectivity index (χ0v) is 11.0. The fraction of sp³-hybridized carbons (Fsp3) is 0.500. The van der Waals surface area contributed by atoms with Gasteiger partial charge in [-0.15, -0.1) is 0 Å². The van der Waals surface area contributed by atoms with Crippen LogP contribution in [0.15, 0.2) is 24.3 Å². The third kappa shape index (κ3) is 2.89. The summed E-state index contributed by atoms with van der Waals surface area (Å²) >= 11 is 0. The van der Waals surface area contributed by atoms with Crippen molar-refractivity contribution in [2.45, 2.75) is 20.0 Å². The van der Waals surface area contributed by atoms with Gasteiger partial charge in [-0.2, -0.15) is 0 Å². The summed E-state index contributed by atoms with van der Waals surface area (Å²) in [4.78, 5) is 12.2. The van der Waals surface area contributed by atoms with Crippen LogP contribution in [0.3, 0.4) is 0 Å². The molecule has 0 radical (unpaired) electrons. The molecule has 0 aromatic heterocycles. The van der Waals surface area contributed by atoms with Crippen molar-refractivity contribution in [3.05, 3.63) is 29.8 Å². The van der Waals surface area contributed by atoms with Crippen molar-refractivity contribution in [1.82, 2.24) is 5.32 Å². The van der Waals surface area contributed by atoms with Crippen LogP contribution in [0, 0.1) is 5.41 Å². The summed E-state index contributed by atoms with van der Waals surface area (Å²) in [5, 5.41) is 6.22. The van der Waals surface area contributed by atoms with Gasteiger partial charge >= 0.3 is 0 Å². The minimum Gasteiger partial charge on any atom is -0.380 e. The molecule has 1 aromatic rings. The van der Waals surface area contributed by atoms with Gasteiger partial charge in [0.1, 0.15) is 0 Å². The van der Waals surface area contributed by atoms with Crippen LogP contribution in [0.1, 0.15) is 18.9 Å². The molecule has 1 amide bonds. The molecule has 1 saturated heterocycles. The molecule has 98 valence electrons. The Morgan fingerprint density at radius 1 is 1.56 bits per heavy atom. The van der Waals surface area contributed by atoms with Gasteiger partial charge in [-0.05, 0) is 37.6 Å². The maximum absolute atomic E-state index is 12.2. The smallest absolute Gasteiger partial charge is 0.231 e. The lowest BCUT2D eigenvalue weighted by atomic mass is 9.88. The third-order valence-corrected chi connectivity index (χ3v) is 3.41. The van der Waals surface area contributed by atoms with E-state index in [1.807, 2.05) is 31.2 Å². The van der Waals surface area contributed by atoms with Gasteiger partial charge in [0.05, 0.1) is 12.0 Å². The number of nitrogens with one attached hydrogen (secondary N) is 2. The summed E-state index contributed by atoms with van der Waals surface area (Å²) < 4.78 is 5.08. The Kier molecular flexibility index (Phi) is 3.99. The molecular weight excluding hydrogens is 228 g/mol. The number of methoxy groups -OCH3 is 1. The van der Waals surface area contributed by atoms with Crippen molar-refractivity contribution in [2.75, 3.05) is 25.5 Å². The number of carbonyl (C=O) groups is 1. The van der Waals surface area contributed by atoms with Crippen molar-refractivity contribution in [1.29, 1.82) is 0 Å². The largest absolute Gasteiger partial charge is 0.380 e. The second-order valence-corrected chi connectivity index (χ2v) is 5.07. The molecule has 1 aliphatic rings. The van der Waals surface area contributed by atoms with Crippen molar-refractivity contribution in [2.24, 2.45) is 5.41 Å². The van der Waals surface area contributed by atoms with Gasteiger partial charge in [0.15, 0.2) is 0 Å². The highest BCUT2D eigenvalue weighted by Gasteiger charge is 2.36. The van der Waals surface area contributed by atoms with Crippen LogP contribution in [0.5, 0.6) is 0 Å². The average Bonchev–Trinajstić information content (AvgIpc) is 2.78. The molecule has 18 heavy (non-hydrogen) atoms. The van der Waals surface area contributed by atoms with Gasteiger partial charge in [0, 0.05) is 19.3 Å². The molecule has 0 spiro atoms. The zero-order chi connectivity index (χ0) is 13.0. The summed E-state index contributed by atoms with van der Waals surface area (Å²) in [6.07, 6.45) is 0.886. The molecule has 4 heteroatoms. The van der Waals surface area contributed by atoms with Crippen LogP contribution < -0.4 is 10.6 Å². The first kappa shape index (κ1) is 13.1. The van der Waals surface area contributed by atoms with E-state index in [9.17, 15) is 4.79 Å². The third-order valence-electron chi connectivity index (χ3n) is 3.41. The van der Waals surface area contributed by atoms with Gasteiger partial charge in [0.2, 0.25) is 5.91 Å². The van der Waals surface area contributed by atoms with Crippen LogP contribution in [0.4, 0.5) is 5.69 Å². The van der Waals surface area contributed by atoms with E-state index in [2.05, 4.69) is 10.6 Å². The van der Waals surface area contributed by atoms with E-state index in [4.69, 9.17) is 4.74 Å². The van der Waals surface area contributed by atoms with Gasteiger partial charge in [-0.1, -0.05) is 12.1 Å². The highest BCUT2D eigenvalue weighted by molar-refractivity contribution is 5.95. The lowest BCUT2D eigenvalue weighted by Gasteiger charge is -2.21. The van der Waals surface area contributed by atoms with Gasteiger partial charge in [-0.25, -0.2) is 0 Å². The first-order chi connectivity index (χ1) is 8.64. The molecule has 0 aliphatic carbocycles. The second-order valence-electron chi connectivity index (χ2n) is 5.07. The average molecular weight is 248 g/mol. The van der Waals surface area contributed by atoms with E-state index in [0.29, 0.717) is 6.61 Å². The van der Waals surface area contributed by atoms with E-state index >= 15 is 0 Å². The van der Waals surface area contributed by atoms with Crippen LogP contribution >= 0.6 is 0 Å². The Balaban J connectivity index is 2.04. The number of anilines is 1. The molecule has 1 unspecified atom stereocenters. The van der Waals surface area contributed by atoms with Gasteiger partial charge < -0.3 is 15.4 Å². The number of benzene rings is 1. The monoisotopic (exact) mass is 248 g/mol. The van der Waals surface area contributed by atoms with Crippen LogP contribution in [-0.4, -0.2) is 26.1 Å². The molecule has 1 aromatic carbocycles. The summed E-state index contributed by atoms with van der Waals surface area (Å²) in [7, 11) is 1.66. The SMILES string of the molecule is COCc1cccc(NC(=O)C2(C)CCNC2)c1. The zero-order valence-electron chi connectivity index (χ0n) is 11.0. The Labute approximate surface area is 108 Å². The minimum atomic E-state index is -0.294. The molecule has 1 heterocycles. The van der Waals surface area contributed by atoms with Gasteiger partial charge in [-0.3, -0.25) is 4.79 Å². The van der Waals surface area contributed by atoms with E-state index < -0.39 is 0 Å². The lowest BCUT2D eigenvalue weighted by molar-refractivity contribution is -0.123. The van der Waals surface area contributed by atoms with E-state index in [1.165, 1.54) is 0 Å². The van der Waals surface area contributed by atoms with Crippen LogP contribution in [0.25, 0.3) is 0 Å². The van der Waals surface area contributed by atoms with Crippen molar-refractivity contribution >= 4 is 11.6 Å². The molecule has 4 nitrogen and oxygen atoms in total. The normalized spacial score (nSPS) is 23.0. The van der Waals surface area contributed by atoms with E-state index in [0.717, 1.165) is 30.8 Å². The fourth-order valence-corrected chi connectivity index (χ4v) is 2.20. The second kappa shape index (κ2) is 5.50. The molecular formula is C14H20N2O2. The maximum Gasteiger partial charge on any atom is 0.231 e. The number of carbonyl (C=O) groups excluding carboxylic acids is 1. The Morgan fingerprint density at radius 3 is 3.06 bits per heavy atom. The minimum absolute atomic E-state index is 0.0852. The number of rotatable bonds is 4.